The molecule has 2 heteroatoms. The molecule has 0 aliphatic carbocycles. The molecular weight excluding hydrogens is 114 g/mol. The highest BCUT2D eigenvalue weighted by atomic mass is 16.7. The lowest BCUT2D eigenvalue weighted by Crippen LogP contribution is -2.21. The summed E-state index contributed by atoms with van der Waals surface area (Å²) in [6, 6.07) is 0.561. The summed E-state index contributed by atoms with van der Waals surface area (Å²) in [5.41, 5.74) is 0.981. The first-order chi connectivity index (χ1) is 4.74. The second-order valence-corrected chi connectivity index (χ2v) is 1.90. The van der Waals surface area contributed by atoms with Crippen molar-refractivity contribution in [2.45, 2.75) is 6.92 Å². The van der Waals surface area contributed by atoms with Crippen LogP contribution >= 0.6 is 0 Å². The van der Waals surface area contributed by atoms with Crippen LogP contribution in [0.2, 0.25) is 0 Å². The standard InChI is InChI=1S/C7H11NO/c1-7-5-3-4-6-8(7)9-2/h3-5H,6H2,1-2H3/i3D. The third-order valence-corrected chi connectivity index (χ3v) is 1.28. The van der Waals surface area contributed by atoms with E-state index in [2.05, 4.69) is 0 Å². The molecule has 1 rings (SSSR count). The Labute approximate surface area is 56.8 Å². The van der Waals surface area contributed by atoms with E-state index in [0.29, 0.717) is 12.6 Å². The zero-order valence-corrected chi connectivity index (χ0v) is 5.72. The number of hydrogen-bond acceptors (Lipinski definition) is 2. The SMILES string of the molecule is [2H]C1=CCN(OC)C(C)=C1. The first-order valence-electron chi connectivity index (χ1n) is 3.40. The van der Waals surface area contributed by atoms with Gasteiger partial charge in [0.2, 0.25) is 0 Å². The van der Waals surface area contributed by atoms with Gasteiger partial charge in [-0.05, 0) is 13.0 Å². The van der Waals surface area contributed by atoms with Crippen LogP contribution in [0.15, 0.2) is 23.9 Å². The lowest BCUT2D eigenvalue weighted by Gasteiger charge is -2.22. The van der Waals surface area contributed by atoms with Crippen LogP contribution in [-0.4, -0.2) is 18.7 Å². The summed E-state index contributed by atoms with van der Waals surface area (Å²) in [6.45, 7) is 2.60. The van der Waals surface area contributed by atoms with Gasteiger partial charge in [0.1, 0.15) is 0 Å². The van der Waals surface area contributed by atoms with Crippen molar-refractivity contribution in [2.75, 3.05) is 13.7 Å². The molecule has 2 nitrogen and oxygen atoms in total. The summed E-state index contributed by atoms with van der Waals surface area (Å²) < 4.78 is 7.27. The van der Waals surface area contributed by atoms with Gasteiger partial charge in [0.15, 0.2) is 0 Å². The van der Waals surface area contributed by atoms with Crippen LogP contribution in [0.3, 0.4) is 0 Å². The Bertz CT molecular complexity index is 186. The third-order valence-electron chi connectivity index (χ3n) is 1.28. The smallest absolute Gasteiger partial charge is 0.0639 e. The molecule has 1 aliphatic heterocycles. The predicted octanol–water partition coefficient (Wildman–Crippen LogP) is 1.32. The van der Waals surface area contributed by atoms with Gasteiger partial charge in [0.05, 0.1) is 15.0 Å². The second kappa shape index (κ2) is 2.69. The molecule has 0 bridgehead atoms. The number of hydrogen-bond donors (Lipinski definition) is 0. The van der Waals surface area contributed by atoms with Gasteiger partial charge in [-0.1, -0.05) is 12.1 Å². The van der Waals surface area contributed by atoms with Crippen molar-refractivity contribution < 1.29 is 6.21 Å². The minimum Gasteiger partial charge on any atom is -0.277 e. The van der Waals surface area contributed by atoms with Crippen molar-refractivity contribution in [1.82, 2.24) is 5.06 Å². The lowest BCUT2D eigenvalue weighted by atomic mass is 10.3. The lowest BCUT2D eigenvalue weighted by molar-refractivity contribution is -0.0915. The van der Waals surface area contributed by atoms with E-state index in [1.165, 1.54) is 0 Å². The molecular formula is C7H11NO. The van der Waals surface area contributed by atoms with E-state index in [1.807, 2.05) is 6.92 Å². The van der Waals surface area contributed by atoms with Gasteiger partial charge < -0.3 is 0 Å². The van der Waals surface area contributed by atoms with Crippen molar-refractivity contribution in [3.63, 3.8) is 0 Å². The summed E-state index contributed by atoms with van der Waals surface area (Å²) >= 11 is 0. The van der Waals surface area contributed by atoms with Crippen molar-refractivity contribution in [3.05, 3.63) is 23.9 Å². The van der Waals surface area contributed by atoms with Gasteiger partial charge in [-0.3, -0.25) is 9.90 Å². The molecule has 0 spiro atoms. The van der Waals surface area contributed by atoms with Crippen LogP contribution in [0, 0.1) is 0 Å². The van der Waals surface area contributed by atoms with Crippen molar-refractivity contribution >= 4 is 0 Å². The van der Waals surface area contributed by atoms with Crippen molar-refractivity contribution in [1.29, 1.82) is 0 Å². The maximum absolute atomic E-state index is 7.27. The van der Waals surface area contributed by atoms with Gasteiger partial charge in [-0.2, -0.15) is 0 Å². The second-order valence-electron chi connectivity index (χ2n) is 1.90. The first kappa shape index (κ1) is 5.06. The van der Waals surface area contributed by atoms with Gasteiger partial charge in [0.25, 0.3) is 0 Å². The minimum absolute atomic E-state index is 0.561. The normalized spacial score (nSPS) is 20.7. The molecule has 0 atom stereocenters. The first-order valence-corrected chi connectivity index (χ1v) is 2.90. The Morgan fingerprint density at radius 2 is 2.67 bits per heavy atom. The highest BCUT2D eigenvalue weighted by Crippen LogP contribution is 2.07. The molecule has 0 unspecified atom stereocenters. The van der Waals surface area contributed by atoms with Gasteiger partial charge in [0, 0.05) is 5.70 Å². The van der Waals surface area contributed by atoms with E-state index >= 15 is 0 Å². The quantitative estimate of drug-likeness (QED) is 0.525. The van der Waals surface area contributed by atoms with Crippen molar-refractivity contribution in [3.8, 4) is 0 Å². The summed E-state index contributed by atoms with van der Waals surface area (Å²) in [4.78, 5) is 4.99. The van der Waals surface area contributed by atoms with Crippen LogP contribution in [0.5, 0.6) is 0 Å². The third kappa shape index (κ3) is 1.33. The van der Waals surface area contributed by atoms with Gasteiger partial charge in [-0.25, -0.2) is 0 Å². The Balaban J connectivity index is 2.68. The Kier molecular flexibility index (Phi) is 1.51. The van der Waals surface area contributed by atoms with Crippen LogP contribution < -0.4 is 0 Å². The van der Waals surface area contributed by atoms with Crippen LogP contribution in [0.4, 0.5) is 0 Å². The molecule has 9 heavy (non-hydrogen) atoms. The average molecular weight is 126 g/mol. The molecule has 50 valence electrons. The number of nitrogens with zero attached hydrogens (tertiary/aromatic N) is 1. The number of allylic oxidation sites excluding steroid dienone is 3. The monoisotopic (exact) mass is 126 g/mol. The fraction of sp³-hybridized carbons (Fsp3) is 0.429. The molecule has 0 radical (unpaired) electrons. The fourth-order valence-corrected chi connectivity index (χ4v) is 0.750. The Morgan fingerprint density at radius 3 is 3.22 bits per heavy atom. The van der Waals surface area contributed by atoms with E-state index < -0.39 is 0 Å². The highest BCUT2D eigenvalue weighted by Gasteiger charge is 2.02. The summed E-state index contributed by atoms with van der Waals surface area (Å²) in [6.07, 6.45) is 3.57. The maximum atomic E-state index is 7.27. The molecule has 0 saturated heterocycles. The highest BCUT2D eigenvalue weighted by molar-refractivity contribution is 5.13. The van der Waals surface area contributed by atoms with Gasteiger partial charge in [-0.15, -0.1) is 0 Å². The molecule has 0 aromatic rings. The molecule has 0 amide bonds. The minimum atomic E-state index is 0.561. The van der Waals surface area contributed by atoms with E-state index in [-0.39, 0.29) is 0 Å². The fourth-order valence-electron chi connectivity index (χ4n) is 0.750. The number of rotatable bonds is 1. The topological polar surface area (TPSA) is 12.5 Å². The molecule has 0 N–H and O–H groups in total. The van der Waals surface area contributed by atoms with E-state index in [9.17, 15) is 0 Å². The van der Waals surface area contributed by atoms with E-state index in [4.69, 9.17) is 6.21 Å². The summed E-state index contributed by atoms with van der Waals surface area (Å²) in [5, 5.41) is 1.73. The summed E-state index contributed by atoms with van der Waals surface area (Å²) in [5.74, 6) is 0. The van der Waals surface area contributed by atoms with Gasteiger partial charge >= 0.3 is 0 Å². The average Bonchev–Trinajstić information content (AvgIpc) is 1.88. The molecule has 0 aromatic heterocycles. The zero-order chi connectivity index (χ0) is 7.56. The number of hydroxylamine groups is 2. The predicted molar refractivity (Wildman–Crippen MR) is 36.6 cm³/mol. The Morgan fingerprint density at radius 1 is 1.89 bits per heavy atom. The molecule has 1 heterocycles. The summed E-state index contributed by atoms with van der Waals surface area (Å²) in [7, 11) is 1.63. The molecule has 0 saturated carbocycles. The molecule has 0 fully saturated rings. The zero-order valence-electron chi connectivity index (χ0n) is 6.72. The van der Waals surface area contributed by atoms with Crippen molar-refractivity contribution in [2.24, 2.45) is 0 Å². The largest absolute Gasteiger partial charge is 0.277 e. The molecule has 1 aliphatic rings. The van der Waals surface area contributed by atoms with E-state index in [1.54, 1.807) is 24.3 Å². The Hall–Kier alpha value is -0.760. The maximum Gasteiger partial charge on any atom is 0.0639 e. The van der Waals surface area contributed by atoms with Crippen LogP contribution in [-0.2, 0) is 4.84 Å². The van der Waals surface area contributed by atoms with E-state index in [0.717, 1.165) is 5.70 Å². The van der Waals surface area contributed by atoms with Crippen LogP contribution in [0.1, 0.15) is 8.29 Å². The van der Waals surface area contributed by atoms with Crippen LogP contribution in [0.25, 0.3) is 0 Å². The molecule has 0 aromatic carbocycles.